The lowest BCUT2D eigenvalue weighted by atomic mass is 10.2. The molecule has 1 aliphatic rings. The molecular formula is C11H22N2. The molecule has 1 rings (SSSR count). The van der Waals surface area contributed by atoms with Crippen molar-refractivity contribution in [3.05, 3.63) is 11.6 Å². The van der Waals surface area contributed by atoms with Gasteiger partial charge in [0.1, 0.15) is 0 Å². The molecule has 0 aromatic rings. The first-order valence-corrected chi connectivity index (χ1v) is 5.32. The molecule has 1 saturated heterocycles. The highest BCUT2D eigenvalue weighted by molar-refractivity contribution is 4.98. The molecule has 1 heterocycles. The molecule has 0 saturated carbocycles. The molecule has 0 aliphatic carbocycles. The summed E-state index contributed by atoms with van der Waals surface area (Å²) >= 11 is 0. The van der Waals surface area contributed by atoms with Gasteiger partial charge in [-0.05, 0) is 20.4 Å². The van der Waals surface area contributed by atoms with Gasteiger partial charge in [-0.15, -0.1) is 0 Å². The van der Waals surface area contributed by atoms with E-state index in [2.05, 4.69) is 36.6 Å². The third-order valence-corrected chi connectivity index (χ3v) is 2.88. The van der Waals surface area contributed by atoms with Crippen LogP contribution in [-0.2, 0) is 0 Å². The van der Waals surface area contributed by atoms with Gasteiger partial charge in [-0.25, -0.2) is 0 Å². The largest absolute Gasteiger partial charge is 0.301 e. The van der Waals surface area contributed by atoms with Crippen molar-refractivity contribution < 1.29 is 0 Å². The molecule has 2 nitrogen and oxygen atoms in total. The van der Waals surface area contributed by atoms with E-state index in [1.807, 2.05) is 0 Å². The summed E-state index contributed by atoms with van der Waals surface area (Å²) in [5.74, 6) is 0. The van der Waals surface area contributed by atoms with Crippen LogP contribution in [0.2, 0.25) is 0 Å². The Hall–Kier alpha value is -0.340. The van der Waals surface area contributed by atoms with E-state index in [-0.39, 0.29) is 0 Å². The van der Waals surface area contributed by atoms with Crippen molar-refractivity contribution in [2.75, 3.05) is 39.3 Å². The molecule has 0 atom stereocenters. The maximum absolute atomic E-state index is 2.54. The van der Waals surface area contributed by atoms with Crippen molar-refractivity contribution in [2.24, 2.45) is 0 Å². The van der Waals surface area contributed by atoms with Gasteiger partial charge < -0.3 is 4.90 Å². The van der Waals surface area contributed by atoms with Crippen molar-refractivity contribution in [3.8, 4) is 0 Å². The van der Waals surface area contributed by atoms with Gasteiger partial charge in [0.15, 0.2) is 0 Å². The molecular weight excluding hydrogens is 160 g/mol. The predicted molar refractivity (Wildman–Crippen MR) is 58.0 cm³/mol. The number of hydrogen-bond acceptors (Lipinski definition) is 2. The first-order chi connectivity index (χ1) is 6.26. The van der Waals surface area contributed by atoms with Crippen LogP contribution in [0.3, 0.4) is 0 Å². The summed E-state index contributed by atoms with van der Waals surface area (Å²) in [6.07, 6.45) is 2.21. The first-order valence-electron chi connectivity index (χ1n) is 5.32. The van der Waals surface area contributed by atoms with Gasteiger partial charge in [0.2, 0.25) is 0 Å². The summed E-state index contributed by atoms with van der Waals surface area (Å²) in [6, 6.07) is 0. The van der Waals surface area contributed by atoms with E-state index in [9.17, 15) is 0 Å². The topological polar surface area (TPSA) is 6.48 Å². The lowest BCUT2D eigenvalue weighted by Gasteiger charge is -2.34. The summed E-state index contributed by atoms with van der Waals surface area (Å²) in [5.41, 5.74) is 1.49. The number of likely N-dealkylation sites (N-methyl/N-ethyl adjacent to an activating group) is 1. The minimum atomic E-state index is 1.16. The fraction of sp³-hybridized carbons (Fsp3) is 0.818. The zero-order valence-electron chi connectivity index (χ0n) is 9.21. The lowest BCUT2D eigenvalue weighted by Crippen LogP contribution is -2.46. The smallest absolute Gasteiger partial charge is 0.0191 e. The molecule has 0 radical (unpaired) electrons. The molecule has 1 aliphatic heterocycles. The van der Waals surface area contributed by atoms with Crippen molar-refractivity contribution in [2.45, 2.75) is 20.8 Å². The van der Waals surface area contributed by atoms with Gasteiger partial charge in [-0.1, -0.05) is 18.6 Å². The van der Waals surface area contributed by atoms with E-state index in [4.69, 9.17) is 0 Å². The molecule has 0 aromatic heterocycles. The summed E-state index contributed by atoms with van der Waals surface area (Å²) in [5, 5.41) is 0. The number of piperazine rings is 1. The average molecular weight is 182 g/mol. The van der Waals surface area contributed by atoms with E-state index in [1.165, 1.54) is 38.3 Å². The fourth-order valence-electron chi connectivity index (χ4n) is 1.71. The summed E-state index contributed by atoms with van der Waals surface area (Å²) in [4.78, 5) is 5.06. The predicted octanol–water partition coefficient (Wildman–Crippen LogP) is 1.59. The fourth-order valence-corrected chi connectivity index (χ4v) is 1.71. The van der Waals surface area contributed by atoms with Crippen LogP contribution >= 0.6 is 0 Å². The first kappa shape index (κ1) is 10.7. The second-order valence-corrected chi connectivity index (χ2v) is 3.85. The molecule has 0 spiro atoms. The highest BCUT2D eigenvalue weighted by Crippen LogP contribution is 2.04. The number of allylic oxidation sites excluding steroid dienone is 1. The van der Waals surface area contributed by atoms with E-state index in [1.54, 1.807) is 0 Å². The minimum Gasteiger partial charge on any atom is -0.301 e. The van der Waals surface area contributed by atoms with E-state index in [0.29, 0.717) is 0 Å². The van der Waals surface area contributed by atoms with Gasteiger partial charge >= 0.3 is 0 Å². The van der Waals surface area contributed by atoms with Crippen molar-refractivity contribution >= 4 is 0 Å². The minimum absolute atomic E-state index is 1.16. The zero-order chi connectivity index (χ0) is 9.68. The van der Waals surface area contributed by atoms with Gasteiger partial charge in [0.25, 0.3) is 0 Å². The van der Waals surface area contributed by atoms with E-state index >= 15 is 0 Å². The Labute approximate surface area is 82.2 Å². The highest BCUT2D eigenvalue weighted by Gasteiger charge is 2.14. The Morgan fingerprint density at radius 2 is 1.69 bits per heavy atom. The second kappa shape index (κ2) is 5.40. The molecule has 1 fully saturated rings. The van der Waals surface area contributed by atoms with Crippen molar-refractivity contribution in [3.63, 3.8) is 0 Å². The lowest BCUT2D eigenvalue weighted by molar-refractivity contribution is 0.146. The molecule has 0 aromatic carbocycles. The van der Waals surface area contributed by atoms with Crippen LogP contribution in [0.5, 0.6) is 0 Å². The van der Waals surface area contributed by atoms with Crippen LogP contribution in [-0.4, -0.2) is 49.1 Å². The SMILES string of the molecule is C/C=C(\C)CN1CCN(CC)CC1. The molecule has 0 amide bonds. The Bertz CT molecular complexity index is 167. The average Bonchev–Trinajstić information content (AvgIpc) is 2.19. The Morgan fingerprint density at radius 3 is 2.15 bits per heavy atom. The molecule has 0 N–H and O–H groups in total. The van der Waals surface area contributed by atoms with Crippen LogP contribution in [0, 0.1) is 0 Å². The third kappa shape index (κ3) is 3.49. The Morgan fingerprint density at radius 1 is 1.15 bits per heavy atom. The molecule has 0 bridgehead atoms. The molecule has 13 heavy (non-hydrogen) atoms. The summed E-state index contributed by atoms with van der Waals surface area (Å²) < 4.78 is 0. The Balaban J connectivity index is 2.25. The van der Waals surface area contributed by atoms with Crippen molar-refractivity contribution in [1.29, 1.82) is 0 Å². The zero-order valence-corrected chi connectivity index (χ0v) is 9.21. The van der Waals surface area contributed by atoms with Gasteiger partial charge in [0.05, 0.1) is 0 Å². The second-order valence-electron chi connectivity index (χ2n) is 3.85. The van der Waals surface area contributed by atoms with Gasteiger partial charge in [0, 0.05) is 32.7 Å². The van der Waals surface area contributed by atoms with Gasteiger partial charge in [-0.2, -0.15) is 0 Å². The van der Waals surface area contributed by atoms with Crippen molar-refractivity contribution in [1.82, 2.24) is 9.80 Å². The normalized spacial score (nSPS) is 22.2. The number of nitrogens with zero attached hydrogens (tertiary/aromatic N) is 2. The third-order valence-electron chi connectivity index (χ3n) is 2.88. The monoisotopic (exact) mass is 182 g/mol. The summed E-state index contributed by atoms with van der Waals surface area (Å²) in [6.45, 7) is 13.9. The quantitative estimate of drug-likeness (QED) is 0.612. The molecule has 76 valence electrons. The Kier molecular flexibility index (Phi) is 4.46. The van der Waals surface area contributed by atoms with E-state index in [0.717, 1.165) is 6.54 Å². The van der Waals surface area contributed by atoms with Gasteiger partial charge in [-0.3, -0.25) is 4.90 Å². The van der Waals surface area contributed by atoms with E-state index < -0.39 is 0 Å². The number of rotatable bonds is 3. The van der Waals surface area contributed by atoms with Crippen LogP contribution in [0.15, 0.2) is 11.6 Å². The van der Waals surface area contributed by atoms with Crippen LogP contribution in [0.4, 0.5) is 0 Å². The maximum atomic E-state index is 2.54. The molecule has 2 heteroatoms. The van der Waals surface area contributed by atoms with Crippen LogP contribution < -0.4 is 0 Å². The maximum Gasteiger partial charge on any atom is 0.0191 e. The highest BCUT2D eigenvalue weighted by atomic mass is 15.3. The number of hydrogen-bond donors (Lipinski definition) is 0. The standard InChI is InChI=1S/C11H22N2/c1-4-11(3)10-13-8-6-12(5-2)7-9-13/h4H,5-10H2,1-3H3/b11-4+. The molecule has 0 unspecified atom stereocenters. The summed E-state index contributed by atoms with van der Waals surface area (Å²) in [7, 11) is 0. The van der Waals surface area contributed by atoms with Crippen LogP contribution in [0.1, 0.15) is 20.8 Å². The van der Waals surface area contributed by atoms with Crippen LogP contribution in [0.25, 0.3) is 0 Å².